The molecule has 0 amide bonds. The second kappa shape index (κ2) is 16.8. The van der Waals surface area contributed by atoms with Gasteiger partial charge in [0.05, 0.1) is 11.0 Å². The van der Waals surface area contributed by atoms with Crippen molar-refractivity contribution in [1.82, 2.24) is 4.57 Å². The molecule has 2 heteroatoms. The summed E-state index contributed by atoms with van der Waals surface area (Å²) in [5.74, 6) is 0. The molecular formula is C64H44N2. The smallest absolute Gasteiger partial charge is 0.0547 e. The van der Waals surface area contributed by atoms with Crippen LogP contribution in [-0.4, -0.2) is 4.57 Å². The third kappa shape index (κ3) is 7.12. The number of fused-ring (bicyclic) bond motifs is 4. The summed E-state index contributed by atoms with van der Waals surface area (Å²) in [6, 6.07) is 97.0. The molecule has 2 nitrogen and oxygen atoms in total. The van der Waals surface area contributed by atoms with Crippen LogP contribution in [0.4, 0.5) is 17.1 Å². The summed E-state index contributed by atoms with van der Waals surface area (Å²) in [6.07, 6.45) is 0. The standard InChI is InChI=1S/C64H44N2/c1-4-18-45(19-5-1)49-24-14-28-56(43-49)65(57-29-15-25-50(44-57)46-20-6-2-7-21-46)55-38-36-47(37-39-55)51-40-52(59-32-16-23-48-22-10-11-30-58(48)59)42-53(41-51)60-33-17-35-63-64(60)61-31-12-13-34-62(61)66(63)54-26-8-3-9-27-54/h1-44H. The van der Waals surface area contributed by atoms with Gasteiger partial charge in [-0.05, 0) is 145 Å². The Labute approximate surface area is 385 Å². The zero-order chi connectivity index (χ0) is 43.8. The van der Waals surface area contributed by atoms with Gasteiger partial charge in [-0.3, -0.25) is 0 Å². The van der Waals surface area contributed by atoms with E-state index in [9.17, 15) is 0 Å². The molecule has 0 aliphatic carbocycles. The van der Waals surface area contributed by atoms with Gasteiger partial charge in [-0.25, -0.2) is 0 Å². The third-order valence-electron chi connectivity index (χ3n) is 12.9. The molecule has 66 heavy (non-hydrogen) atoms. The number of hydrogen-bond donors (Lipinski definition) is 0. The van der Waals surface area contributed by atoms with Crippen LogP contribution in [0.1, 0.15) is 0 Å². The number of benzene rings is 11. The fraction of sp³-hybridized carbons (Fsp3) is 0. The monoisotopic (exact) mass is 840 g/mol. The summed E-state index contributed by atoms with van der Waals surface area (Å²) in [7, 11) is 0. The van der Waals surface area contributed by atoms with Crippen molar-refractivity contribution in [2.24, 2.45) is 0 Å². The summed E-state index contributed by atoms with van der Waals surface area (Å²) >= 11 is 0. The molecule has 12 aromatic rings. The Hall–Kier alpha value is -8.72. The molecule has 11 aromatic carbocycles. The van der Waals surface area contributed by atoms with E-state index in [0.29, 0.717) is 0 Å². The van der Waals surface area contributed by atoms with Crippen LogP contribution in [0.3, 0.4) is 0 Å². The van der Waals surface area contributed by atoms with Crippen LogP contribution >= 0.6 is 0 Å². The van der Waals surface area contributed by atoms with E-state index in [2.05, 4.69) is 276 Å². The summed E-state index contributed by atoms with van der Waals surface area (Å²) in [5.41, 5.74) is 18.6. The van der Waals surface area contributed by atoms with Gasteiger partial charge in [0.25, 0.3) is 0 Å². The molecule has 0 saturated heterocycles. The molecule has 0 unspecified atom stereocenters. The maximum absolute atomic E-state index is 2.40. The highest BCUT2D eigenvalue weighted by atomic mass is 15.1. The highest BCUT2D eigenvalue weighted by Gasteiger charge is 2.19. The minimum absolute atomic E-state index is 1.08. The maximum atomic E-state index is 2.40. The predicted octanol–water partition coefficient (Wildman–Crippen LogP) is 17.7. The van der Waals surface area contributed by atoms with Gasteiger partial charge in [-0.2, -0.15) is 0 Å². The lowest BCUT2D eigenvalue weighted by Gasteiger charge is -2.27. The van der Waals surface area contributed by atoms with Crippen molar-refractivity contribution in [3.8, 4) is 61.3 Å². The normalized spacial score (nSPS) is 11.3. The lowest BCUT2D eigenvalue weighted by atomic mass is 9.90. The largest absolute Gasteiger partial charge is 0.310 e. The van der Waals surface area contributed by atoms with Crippen molar-refractivity contribution in [2.45, 2.75) is 0 Å². The number of aromatic nitrogens is 1. The van der Waals surface area contributed by atoms with Crippen molar-refractivity contribution in [2.75, 3.05) is 4.90 Å². The Morgan fingerprint density at radius 2 is 0.727 bits per heavy atom. The SMILES string of the molecule is c1ccc(-c2cccc(N(c3ccc(-c4cc(-c5cccc6ccccc56)cc(-c5cccc6c5c5ccccc5n6-c5ccccc5)c4)cc3)c3cccc(-c4ccccc4)c3)c2)cc1. The van der Waals surface area contributed by atoms with Crippen LogP contribution in [0.2, 0.25) is 0 Å². The molecule has 0 aliphatic heterocycles. The minimum Gasteiger partial charge on any atom is -0.310 e. The van der Waals surface area contributed by atoms with Gasteiger partial charge in [0.1, 0.15) is 0 Å². The van der Waals surface area contributed by atoms with E-state index in [4.69, 9.17) is 0 Å². The van der Waals surface area contributed by atoms with E-state index in [0.717, 1.165) is 33.9 Å². The van der Waals surface area contributed by atoms with E-state index in [1.165, 1.54) is 77.1 Å². The summed E-state index contributed by atoms with van der Waals surface area (Å²) in [6.45, 7) is 0. The highest BCUT2D eigenvalue weighted by Crippen LogP contribution is 2.43. The molecule has 310 valence electrons. The lowest BCUT2D eigenvalue weighted by molar-refractivity contribution is 1.18. The zero-order valence-corrected chi connectivity index (χ0v) is 36.3. The second-order valence-corrected chi connectivity index (χ2v) is 16.9. The Balaban J connectivity index is 1.03. The maximum Gasteiger partial charge on any atom is 0.0547 e. The van der Waals surface area contributed by atoms with E-state index < -0.39 is 0 Å². The van der Waals surface area contributed by atoms with Gasteiger partial charge in [-0.1, -0.05) is 188 Å². The molecule has 0 N–H and O–H groups in total. The number of para-hydroxylation sites is 2. The number of hydrogen-bond acceptors (Lipinski definition) is 1. The Bertz CT molecular complexity index is 3590. The fourth-order valence-corrected chi connectivity index (χ4v) is 9.86. The first-order valence-electron chi connectivity index (χ1n) is 22.7. The van der Waals surface area contributed by atoms with Crippen LogP contribution in [0.5, 0.6) is 0 Å². The van der Waals surface area contributed by atoms with Gasteiger partial charge >= 0.3 is 0 Å². The van der Waals surface area contributed by atoms with Crippen LogP contribution in [0, 0.1) is 0 Å². The van der Waals surface area contributed by atoms with Crippen molar-refractivity contribution in [3.05, 3.63) is 267 Å². The number of nitrogens with zero attached hydrogens (tertiary/aromatic N) is 2. The summed E-state index contributed by atoms with van der Waals surface area (Å²) < 4.78 is 2.40. The Morgan fingerprint density at radius 3 is 1.41 bits per heavy atom. The van der Waals surface area contributed by atoms with Gasteiger partial charge < -0.3 is 9.47 Å². The average Bonchev–Trinajstić information content (AvgIpc) is 3.74. The van der Waals surface area contributed by atoms with Crippen molar-refractivity contribution in [3.63, 3.8) is 0 Å². The molecule has 0 saturated carbocycles. The van der Waals surface area contributed by atoms with Gasteiger partial charge in [0, 0.05) is 33.5 Å². The molecule has 0 atom stereocenters. The molecule has 12 rings (SSSR count). The van der Waals surface area contributed by atoms with E-state index in [1.807, 2.05) is 0 Å². The van der Waals surface area contributed by atoms with Gasteiger partial charge in [-0.15, -0.1) is 0 Å². The molecule has 1 heterocycles. The molecule has 0 fully saturated rings. The van der Waals surface area contributed by atoms with Crippen LogP contribution in [0.15, 0.2) is 267 Å². The first-order chi connectivity index (χ1) is 32.7. The van der Waals surface area contributed by atoms with Crippen molar-refractivity contribution >= 4 is 49.6 Å². The first-order valence-corrected chi connectivity index (χ1v) is 22.7. The van der Waals surface area contributed by atoms with Crippen molar-refractivity contribution < 1.29 is 0 Å². The highest BCUT2D eigenvalue weighted by molar-refractivity contribution is 6.16. The third-order valence-corrected chi connectivity index (χ3v) is 12.9. The molecule has 0 radical (unpaired) electrons. The van der Waals surface area contributed by atoms with Gasteiger partial charge in [0.15, 0.2) is 0 Å². The summed E-state index contributed by atoms with van der Waals surface area (Å²) in [5, 5.41) is 4.95. The summed E-state index contributed by atoms with van der Waals surface area (Å²) in [4.78, 5) is 2.38. The lowest BCUT2D eigenvalue weighted by Crippen LogP contribution is -2.10. The molecule has 0 spiro atoms. The van der Waals surface area contributed by atoms with Gasteiger partial charge in [0.2, 0.25) is 0 Å². The Morgan fingerprint density at radius 1 is 0.258 bits per heavy atom. The van der Waals surface area contributed by atoms with Crippen LogP contribution in [-0.2, 0) is 0 Å². The number of anilines is 3. The Kier molecular flexibility index (Phi) is 9.89. The molecular weight excluding hydrogens is 797 g/mol. The first kappa shape index (κ1) is 38.9. The number of rotatable bonds is 9. The molecule has 1 aromatic heterocycles. The van der Waals surface area contributed by atoms with Crippen LogP contribution < -0.4 is 4.90 Å². The molecule has 0 aliphatic rings. The quantitative estimate of drug-likeness (QED) is 0.141. The second-order valence-electron chi connectivity index (χ2n) is 16.9. The van der Waals surface area contributed by atoms with E-state index in [-0.39, 0.29) is 0 Å². The fourth-order valence-electron chi connectivity index (χ4n) is 9.86. The topological polar surface area (TPSA) is 8.17 Å². The zero-order valence-electron chi connectivity index (χ0n) is 36.3. The van der Waals surface area contributed by atoms with E-state index in [1.54, 1.807) is 0 Å². The van der Waals surface area contributed by atoms with Crippen molar-refractivity contribution in [1.29, 1.82) is 0 Å². The van der Waals surface area contributed by atoms with Crippen LogP contribution in [0.25, 0.3) is 93.9 Å². The predicted molar refractivity (Wildman–Crippen MR) is 280 cm³/mol. The van der Waals surface area contributed by atoms with E-state index >= 15 is 0 Å². The molecule has 0 bridgehead atoms. The average molecular weight is 841 g/mol. The minimum atomic E-state index is 1.08.